The van der Waals surface area contributed by atoms with E-state index >= 15 is 0 Å². The average molecular weight is 465 g/mol. The van der Waals surface area contributed by atoms with E-state index in [-0.39, 0.29) is 6.10 Å². The molecule has 2 aromatic carbocycles. The zero-order valence-electron chi connectivity index (χ0n) is 20.8. The van der Waals surface area contributed by atoms with Crippen molar-refractivity contribution in [3.63, 3.8) is 0 Å². The number of anilines is 1. The summed E-state index contributed by atoms with van der Waals surface area (Å²) in [6.45, 7) is 8.40. The minimum atomic E-state index is -0.343. The lowest BCUT2D eigenvalue weighted by Gasteiger charge is -2.32. The van der Waals surface area contributed by atoms with E-state index in [1.807, 2.05) is 0 Å². The summed E-state index contributed by atoms with van der Waals surface area (Å²) in [6, 6.07) is 15.3. The van der Waals surface area contributed by atoms with Crippen molar-refractivity contribution in [2.45, 2.75) is 44.6 Å². The Labute approximate surface area is 204 Å². The highest BCUT2D eigenvalue weighted by molar-refractivity contribution is 5.57. The number of likely N-dealkylation sites (tertiary alicyclic amines) is 1. The molecule has 0 spiro atoms. The highest BCUT2D eigenvalue weighted by Crippen LogP contribution is 2.30. The predicted molar refractivity (Wildman–Crippen MR) is 138 cm³/mol. The minimum Gasteiger partial charge on any atom is -0.490 e. The molecule has 6 heteroatoms. The van der Waals surface area contributed by atoms with Gasteiger partial charge in [-0.2, -0.15) is 0 Å². The molecule has 1 fully saturated rings. The first kappa shape index (κ1) is 23.6. The molecule has 3 heterocycles. The molecule has 34 heavy (non-hydrogen) atoms. The van der Waals surface area contributed by atoms with Crippen LogP contribution >= 0.6 is 0 Å². The molecule has 3 aliphatic rings. The topological polar surface area (TPSA) is 42.4 Å². The van der Waals surface area contributed by atoms with Gasteiger partial charge in [-0.1, -0.05) is 30.3 Å². The fourth-order valence-corrected chi connectivity index (χ4v) is 5.65. The standard InChI is InChI=1S/C28H40N4O2/c1-29-12-10-26(11-13-29)34-27-8-7-24-19-32(16-15-30(2)28(24)17-27)21-25(33)20-31-14-9-22-5-3-4-6-23(22)18-31/h3-8,17,25-26,33H,9-16,18-21H2,1-2H3. The quantitative estimate of drug-likeness (QED) is 0.709. The number of fused-ring (bicyclic) bond motifs is 2. The van der Waals surface area contributed by atoms with Crippen molar-refractivity contribution >= 4 is 5.69 Å². The lowest BCUT2D eigenvalue weighted by molar-refractivity contribution is 0.0682. The van der Waals surface area contributed by atoms with Gasteiger partial charge in [0.1, 0.15) is 11.9 Å². The molecule has 1 saturated heterocycles. The van der Waals surface area contributed by atoms with Crippen LogP contribution in [0.15, 0.2) is 42.5 Å². The van der Waals surface area contributed by atoms with Gasteiger partial charge in [0.15, 0.2) is 0 Å². The minimum absolute atomic E-state index is 0.318. The Morgan fingerprint density at radius 3 is 2.35 bits per heavy atom. The van der Waals surface area contributed by atoms with Gasteiger partial charge < -0.3 is 19.6 Å². The normalized spacial score (nSPS) is 21.6. The maximum absolute atomic E-state index is 10.9. The SMILES string of the molecule is CN1CCC(Oc2ccc3c(c2)N(C)CCN(CC(O)CN2CCc4ccccc4C2)C3)CC1. The molecule has 6 nitrogen and oxygen atoms in total. The summed E-state index contributed by atoms with van der Waals surface area (Å²) in [5.74, 6) is 0.985. The van der Waals surface area contributed by atoms with Crippen LogP contribution in [0.3, 0.4) is 0 Å². The Bertz CT molecular complexity index is 959. The number of hydrogen-bond donors (Lipinski definition) is 1. The summed E-state index contributed by atoms with van der Waals surface area (Å²) < 4.78 is 6.35. The summed E-state index contributed by atoms with van der Waals surface area (Å²) in [7, 11) is 4.35. The number of aliphatic hydroxyl groups is 1. The van der Waals surface area contributed by atoms with E-state index in [0.717, 1.165) is 77.4 Å². The van der Waals surface area contributed by atoms with E-state index < -0.39 is 0 Å². The molecule has 0 amide bonds. The Morgan fingerprint density at radius 2 is 1.56 bits per heavy atom. The number of ether oxygens (including phenoxy) is 1. The third-order valence-corrected chi connectivity index (χ3v) is 7.73. The highest BCUT2D eigenvalue weighted by Gasteiger charge is 2.24. The van der Waals surface area contributed by atoms with E-state index in [4.69, 9.17) is 4.74 Å². The van der Waals surface area contributed by atoms with Crippen LogP contribution in [0, 0.1) is 0 Å². The molecule has 0 saturated carbocycles. The zero-order chi connectivity index (χ0) is 23.5. The first-order valence-electron chi connectivity index (χ1n) is 12.9. The molecule has 0 aliphatic carbocycles. The van der Waals surface area contributed by atoms with Crippen molar-refractivity contribution in [1.29, 1.82) is 0 Å². The van der Waals surface area contributed by atoms with E-state index in [2.05, 4.69) is 76.2 Å². The van der Waals surface area contributed by atoms with Gasteiger partial charge in [0.25, 0.3) is 0 Å². The number of nitrogens with zero attached hydrogens (tertiary/aromatic N) is 4. The fourth-order valence-electron chi connectivity index (χ4n) is 5.65. The number of benzene rings is 2. The van der Waals surface area contributed by atoms with Crippen LogP contribution in [0.4, 0.5) is 5.69 Å². The first-order valence-corrected chi connectivity index (χ1v) is 12.9. The van der Waals surface area contributed by atoms with Crippen molar-refractivity contribution < 1.29 is 9.84 Å². The van der Waals surface area contributed by atoms with Crippen LogP contribution < -0.4 is 9.64 Å². The summed E-state index contributed by atoms with van der Waals surface area (Å²) >= 11 is 0. The average Bonchev–Trinajstić information content (AvgIpc) is 2.99. The number of piperidine rings is 1. The monoisotopic (exact) mass is 464 g/mol. The van der Waals surface area contributed by atoms with Crippen molar-refractivity contribution in [1.82, 2.24) is 14.7 Å². The number of rotatable bonds is 6. The summed E-state index contributed by atoms with van der Waals surface area (Å²) in [5.41, 5.74) is 5.44. The summed E-state index contributed by atoms with van der Waals surface area (Å²) in [5, 5.41) is 10.9. The maximum Gasteiger partial charge on any atom is 0.121 e. The van der Waals surface area contributed by atoms with E-state index in [1.165, 1.54) is 22.4 Å². The number of hydrogen-bond acceptors (Lipinski definition) is 6. The molecule has 5 rings (SSSR count). The van der Waals surface area contributed by atoms with Crippen LogP contribution in [0.2, 0.25) is 0 Å². The largest absolute Gasteiger partial charge is 0.490 e. The van der Waals surface area contributed by atoms with Gasteiger partial charge >= 0.3 is 0 Å². The molecular formula is C28H40N4O2. The van der Waals surface area contributed by atoms with E-state index in [9.17, 15) is 5.11 Å². The van der Waals surface area contributed by atoms with Gasteiger partial charge in [0.05, 0.1) is 6.10 Å². The zero-order valence-corrected chi connectivity index (χ0v) is 20.8. The molecule has 0 radical (unpaired) electrons. The van der Waals surface area contributed by atoms with Crippen LogP contribution in [0.25, 0.3) is 0 Å². The second-order valence-electron chi connectivity index (χ2n) is 10.5. The molecule has 0 aromatic heterocycles. The molecule has 3 aliphatic heterocycles. The van der Waals surface area contributed by atoms with Crippen molar-refractivity contribution in [2.24, 2.45) is 0 Å². The predicted octanol–water partition coefficient (Wildman–Crippen LogP) is 2.83. The maximum atomic E-state index is 10.9. The first-order chi connectivity index (χ1) is 16.5. The molecule has 1 N–H and O–H groups in total. The number of likely N-dealkylation sites (N-methyl/N-ethyl adjacent to an activating group) is 1. The van der Waals surface area contributed by atoms with Crippen molar-refractivity contribution in [2.75, 3.05) is 64.8 Å². The highest BCUT2D eigenvalue weighted by atomic mass is 16.5. The number of β-amino-alcohol motifs (C(OH)–C–C–N with tert-alkyl or cyclic N) is 1. The molecule has 2 aromatic rings. The van der Waals surface area contributed by atoms with Gasteiger partial charge in [-0.25, -0.2) is 0 Å². The smallest absolute Gasteiger partial charge is 0.121 e. The molecule has 1 unspecified atom stereocenters. The third kappa shape index (κ3) is 5.74. The van der Waals surface area contributed by atoms with Crippen LogP contribution in [0.5, 0.6) is 5.75 Å². The Balaban J connectivity index is 1.17. The van der Waals surface area contributed by atoms with E-state index in [0.29, 0.717) is 12.6 Å². The van der Waals surface area contributed by atoms with Gasteiger partial charge in [0, 0.05) is 77.7 Å². The fraction of sp³-hybridized carbons (Fsp3) is 0.571. The van der Waals surface area contributed by atoms with Gasteiger partial charge in [-0.3, -0.25) is 9.80 Å². The van der Waals surface area contributed by atoms with Gasteiger partial charge in [0.2, 0.25) is 0 Å². The third-order valence-electron chi connectivity index (χ3n) is 7.73. The van der Waals surface area contributed by atoms with Crippen molar-refractivity contribution in [3.05, 3.63) is 59.2 Å². The molecule has 1 atom stereocenters. The Kier molecular flexibility index (Phi) is 7.40. The second kappa shape index (κ2) is 10.6. The number of aliphatic hydroxyl groups excluding tert-OH is 1. The van der Waals surface area contributed by atoms with Crippen molar-refractivity contribution in [3.8, 4) is 5.75 Å². The second-order valence-corrected chi connectivity index (χ2v) is 10.5. The lowest BCUT2D eigenvalue weighted by atomic mass is 10.00. The van der Waals surface area contributed by atoms with Crippen LogP contribution in [0.1, 0.15) is 29.5 Å². The molecular weight excluding hydrogens is 424 g/mol. The summed E-state index contributed by atoms with van der Waals surface area (Å²) in [6.07, 6.45) is 3.24. The van der Waals surface area contributed by atoms with Crippen LogP contribution in [-0.2, 0) is 19.5 Å². The molecule has 184 valence electrons. The lowest BCUT2D eigenvalue weighted by Crippen LogP contribution is -2.42. The van der Waals surface area contributed by atoms with Gasteiger partial charge in [-0.05, 0) is 49.1 Å². The Morgan fingerprint density at radius 1 is 0.853 bits per heavy atom. The van der Waals surface area contributed by atoms with Crippen LogP contribution in [-0.4, -0.2) is 91.9 Å². The Hall–Kier alpha value is -2.12. The van der Waals surface area contributed by atoms with E-state index in [1.54, 1.807) is 0 Å². The van der Waals surface area contributed by atoms with Gasteiger partial charge in [-0.15, -0.1) is 0 Å². The molecule has 0 bridgehead atoms. The summed E-state index contributed by atoms with van der Waals surface area (Å²) in [4.78, 5) is 9.52.